The van der Waals surface area contributed by atoms with Gasteiger partial charge in [0.25, 0.3) is 0 Å². The van der Waals surface area contributed by atoms with E-state index in [2.05, 4.69) is 40.6 Å². The Kier molecular flexibility index (Phi) is 2.37. The Morgan fingerprint density at radius 3 is 2.81 bits per heavy atom. The van der Waals surface area contributed by atoms with E-state index in [1.807, 2.05) is 13.2 Å². The molecule has 1 aromatic carbocycles. The second kappa shape index (κ2) is 3.87. The smallest absolute Gasteiger partial charge is 0.0654 e. The number of rotatable bonds is 3. The lowest BCUT2D eigenvalue weighted by molar-refractivity contribution is 0.520. The van der Waals surface area contributed by atoms with Crippen LogP contribution in [-0.4, -0.2) is 12.0 Å². The summed E-state index contributed by atoms with van der Waals surface area (Å²) in [6.45, 7) is 0. The Morgan fingerprint density at radius 1 is 1.25 bits per heavy atom. The highest BCUT2D eigenvalue weighted by Gasteiger charge is 2.32. The molecule has 1 unspecified atom stereocenters. The van der Waals surface area contributed by atoms with Crippen molar-refractivity contribution in [3.8, 4) is 0 Å². The minimum Gasteiger partial charge on any atom is -0.311 e. The molecule has 3 rings (SSSR count). The molecule has 0 amide bonds. The highest BCUT2D eigenvalue weighted by Crippen LogP contribution is 2.41. The van der Waals surface area contributed by atoms with Crippen molar-refractivity contribution >= 4 is 10.8 Å². The molecule has 0 radical (unpaired) electrons. The van der Waals surface area contributed by atoms with E-state index in [0.717, 1.165) is 5.92 Å². The van der Waals surface area contributed by atoms with E-state index in [0.29, 0.717) is 6.04 Å². The van der Waals surface area contributed by atoms with Gasteiger partial charge in [-0.15, -0.1) is 0 Å². The largest absolute Gasteiger partial charge is 0.311 e. The van der Waals surface area contributed by atoms with Crippen LogP contribution in [0.3, 0.4) is 0 Å². The molecular weight excluding hydrogens is 196 g/mol. The number of nitrogens with zero attached hydrogens (tertiary/aromatic N) is 1. The van der Waals surface area contributed by atoms with Gasteiger partial charge in [0, 0.05) is 11.6 Å². The summed E-state index contributed by atoms with van der Waals surface area (Å²) >= 11 is 0. The van der Waals surface area contributed by atoms with E-state index in [1.165, 1.54) is 29.3 Å². The molecule has 1 aromatic heterocycles. The fraction of sp³-hybridized carbons (Fsp3) is 0.357. The zero-order valence-corrected chi connectivity index (χ0v) is 9.48. The first kappa shape index (κ1) is 9.79. The number of hydrogen-bond donors (Lipinski definition) is 1. The maximum absolute atomic E-state index is 4.58. The first-order valence-corrected chi connectivity index (χ1v) is 5.91. The van der Waals surface area contributed by atoms with E-state index in [4.69, 9.17) is 0 Å². The predicted molar refractivity (Wildman–Crippen MR) is 66.3 cm³/mol. The molecule has 1 saturated carbocycles. The molecule has 1 atom stereocenters. The standard InChI is InChI=1S/C14H16N2/c1-15-13(11-6-7-11)14-12-5-3-2-4-10(12)8-9-16-14/h2-5,8-9,11,13,15H,6-7H2,1H3. The Bertz CT molecular complexity index is 498. The lowest BCUT2D eigenvalue weighted by Crippen LogP contribution is -2.19. The molecule has 16 heavy (non-hydrogen) atoms. The Morgan fingerprint density at radius 2 is 2.06 bits per heavy atom. The van der Waals surface area contributed by atoms with E-state index in [9.17, 15) is 0 Å². The third-order valence-electron chi connectivity index (χ3n) is 3.40. The summed E-state index contributed by atoms with van der Waals surface area (Å²) in [5.41, 5.74) is 1.21. The number of hydrogen-bond acceptors (Lipinski definition) is 2. The molecule has 1 heterocycles. The van der Waals surface area contributed by atoms with Crippen molar-refractivity contribution in [2.24, 2.45) is 5.92 Å². The third-order valence-corrected chi connectivity index (χ3v) is 3.40. The van der Waals surface area contributed by atoms with E-state index < -0.39 is 0 Å². The van der Waals surface area contributed by atoms with Crippen LogP contribution in [0.15, 0.2) is 36.5 Å². The number of fused-ring (bicyclic) bond motifs is 1. The zero-order valence-electron chi connectivity index (χ0n) is 9.48. The molecule has 82 valence electrons. The Hall–Kier alpha value is -1.41. The average molecular weight is 212 g/mol. The number of benzene rings is 1. The van der Waals surface area contributed by atoms with Crippen LogP contribution in [0, 0.1) is 5.92 Å². The van der Waals surface area contributed by atoms with Gasteiger partial charge in [0.15, 0.2) is 0 Å². The summed E-state index contributed by atoms with van der Waals surface area (Å²) in [5, 5.41) is 5.98. The third kappa shape index (κ3) is 1.59. The monoisotopic (exact) mass is 212 g/mol. The molecule has 1 aliphatic carbocycles. The molecule has 0 aliphatic heterocycles. The van der Waals surface area contributed by atoms with Gasteiger partial charge in [-0.2, -0.15) is 0 Å². The normalized spacial score (nSPS) is 17.6. The van der Waals surface area contributed by atoms with Crippen LogP contribution in [0.25, 0.3) is 10.8 Å². The molecule has 1 fully saturated rings. The SMILES string of the molecule is CNC(c1nccc2ccccc12)C1CC1. The van der Waals surface area contributed by atoms with Crippen LogP contribution in [0.1, 0.15) is 24.6 Å². The first-order chi connectivity index (χ1) is 7.90. The van der Waals surface area contributed by atoms with E-state index in [1.54, 1.807) is 0 Å². The summed E-state index contributed by atoms with van der Waals surface area (Å²) in [7, 11) is 2.03. The topological polar surface area (TPSA) is 24.9 Å². The molecular formula is C14H16N2. The molecule has 0 spiro atoms. The fourth-order valence-electron chi connectivity index (χ4n) is 2.42. The average Bonchev–Trinajstić information content (AvgIpc) is 3.15. The second-order valence-electron chi connectivity index (χ2n) is 4.52. The minimum atomic E-state index is 0.422. The van der Waals surface area contributed by atoms with Crippen molar-refractivity contribution in [3.05, 3.63) is 42.2 Å². The molecule has 1 N–H and O–H groups in total. The quantitative estimate of drug-likeness (QED) is 0.846. The Balaban J connectivity index is 2.14. The second-order valence-corrected chi connectivity index (χ2v) is 4.52. The predicted octanol–water partition coefficient (Wildman–Crippen LogP) is 2.91. The van der Waals surface area contributed by atoms with Gasteiger partial charge < -0.3 is 5.32 Å². The molecule has 2 heteroatoms. The summed E-state index contributed by atoms with van der Waals surface area (Å²) in [6.07, 6.45) is 4.58. The van der Waals surface area contributed by atoms with Crippen molar-refractivity contribution in [1.82, 2.24) is 10.3 Å². The zero-order chi connectivity index (χ0) is 11.0. The van der Waals surface area contributed by atoms with Crippen LogP contribution < -0.4 is 5.32 Å². The van der Waals surface area contributed by atoms with Crippen molar-refractivity contribution < 1.29 is 0 Å². The van der Waals surface area contributed by atoms with Gasteiger partial charge >= 0.3 is 0 Å². The van der Waals surface area contributed by atoms with Crippen molar-refractivity contribution in [3.63, 3.8) is 0 Å². The van der Waals surface area contributed by atoms with Crippen LogP contribution in [0.5, 0.6) is 0 Å². The van der Waals surface area contributed by atoms with E-state index in [-0.39, 0.29) is 0 Å². The summed E-state index contributed by atoms with van der Waals surface area (Å²) in [4.78, 5) is 4.58. The fourth-order valence-corrected chi connectivity index (χ4v) is 2.42. The van der Waals surface area contributed by atoms with Crippen LogP contribution in [0.2, 0.25) is 0 Å². The van der Waals surface area contributed by atoms with Crippen molar-refractivity contribution in [1.29, 1.82) is 0 Å². The van der Waals surface area contributed by atoms with Gasteiger partial charge in [-0.25, -0.2) is 0 Å². The highest BCUT2D eigenvalue weighted by molar-refractivity contribution is 5.84. The minimum absolute atomic E-state index is 0.422. The molecule has 2 aromatic rings. The van der Waals surface area contributed by atoms with Crippen molar-refractivity contribution in [2.45, 2.75) is 18.9 Å². The van der Waals surface area contributed by atoms with Crippen LogP contribution in [-0.2, 0) is 0 Å². The lowest BCUT2D eigenvalue weighted by atomic mass is 10.0. The van der Waals surface area contributed by atoms with Gasteiger partial charge in [-0.05, 0) is 37.3 Å². The number of aromatic nitrogens is 1. The van der Waals surface area contributed by atoms with Gasteiger partial charge in [-0.1, -0.05) is 24.3 Å². The van der Waals surface area contributed by atoms with Gasteiger partial charge in [0.2, 0.25) is 0 Å². The number of nitrogens with one attached hydrogen (secondary N) is 1. The summed E-state index contributed by atoms with van der Waals surface area (Å²) in [6, 6.07) is 11.0. The van der Waals surface area contributed by atoms with Crippen LogP contribution >= 0.6 is 0 Å². The molecule has 2 nitrogen and oxygen atoms in total. The lowest BCUT2D eigenvalue weighted by Gasteiger charge is -2.16. The molecule has 0 saturated heterocycles. The Labute approximate surface area is 95.7 Å². The molecule has 0 bridgehead atoms. The number of pyridine rings is 1. The maximum Gasteiger partial charge on any atom is 0.0654 e. The first-order valence-electron chi connectivity index (χ1n) is 5.91. The van der Waals surface area contributed by atoms with Gasteiger partial charge in [0.05, 0.1) is 11.7 Å². The summed E-state index contributed by atoms with van der Waals surface area (Å²) < 4.78 is 0. The molecule has 1 aliphatic rings. The van der Waals surface area contributed by atoms with Gasteiger partial charge in [-0.3, -0.25) is 4.98 Å². The van der Waals surface area contributed by atoms with E-state index >= 15 is 0 Å². The summed E-state index contributed by atoms with van der Waals surface area (Å²) in [5.74, 6) is 0.781. The van der Waals surface area contributed by atoms with Crippen LogP contribution in [0.4, 0.5) is 0 Å². The highest BCUT2D eigenvalue weighted by atomic mass is 14.9. The van der Waals surface area contributed by atoms with Crippen molar-refractivity contribution in [2.75, 3.05) is 7.05 Å². The van der Waals surface area contributed by atoms with Gasteiger partial charge in [0.1, 0.15) is 0 Å². The maximum atomic E-state index is 4.58.